The fourth-order valence-corrected chi connectivity index (χ4v) is 2.20. The number of nitrogens with zero attached hydrogens (tertiary/aromatic N) is 1. The summed E-state index contributed by atoms with van der Waals surface area (Å²) in [6.07, 6.45) is -2.62. The molecule has 0 aromatic carbocycles. The molecule has 5 N–H and O–H groups in total. The van der Waals surface area contributed by atoms with Crippen molar-refractivity contribution in [3.8, 4) is 6.01 Å². The summed E-state index contributed by atoms with van der Waals surface area (Å²) in [6.45, 7) is 0.00662. The highest BCUT2D eigenvalue weighted by atomic mass is 16.5. The van der Waals surface area contributed by atoms with Crippen molar-refractivity contribution in [3.05, 3.63) is 10.4 Å². The second kappa shape index (κ2) is 4.37. The number of rotatable bonds is 1. The van der Waals surface area contributed by atoms with Crippen LogP contribution in [0, 0.1) is 0 Å². The Balaban J connectivity index is 1.98. The van der Waals surface area contributed by atoms with Crippen LogP contribution in [-0.2, 0) is 4.74 Å². The quantitative estimate of drug-likeness (QED) is 0.399. The number of aromatic nitrogens is 2. The molecule has 0 unspecified atom stereocenters. The highest BCUT2D eigenvalue weighted by molar-refractivity contribution is 5.67. The van der Waals surface area contributed by atoms with Crippen LogP contribution in [0.2, 0.25) is 0 Å². The molecule has 3 rings (SSSR count). The Morgan fingerprint density at radius 1 is 1.42 bits per heavy atom. The van der Waals surface area contributed by atoms with Crippen LogP contribution in [0.15, 0.2) is 4.79 Å². The van der Waals surface area contributed by atoms with Crippen LogP contribution in [0.5, 0.6) is 6.01 Å². The Morgan fingerprint density at radius 3 is 2.95 bits per heavy atom. The van der Waals surface area contributed by atoms with E-state index in [0.29, 0.717) is 0 Å². The molecule has 104 valence electrons. The number of hydrogen-bond acceptors (Lipinski definition) is 8. The molecule has 9 heteroatoms. The van der Waals surface area contributed by atoms with Crippen molar-refractivity contribution < 1.29 is 19.7 Å². The number of methoxy groups -OCH3 is 1. The fourth-order valence-electron chi connectivity index (χ4n) is 2.20. The smallest absolute Gasteiger partial charge is 0.298 e. The van der Waals surface area contributed by atoms with E-state index in [2.05, 4.69) is 20.6 Å². The van der Waals surface area contributed by atoms with Crippen molar-refractivity contribution in [2.75, 3.05) is 24.4 Å². The molecule has 9 nitrogen and oxygen atoms in total. The van der Waals surface area contributed by atoms with E-state index in [-0.39, 0.29) is 24.1 Å². The van der Waals surface area contributed by atoms with Gasteiger partial charge in [0.2, 0.25) is 0 Å². The van der Waals surface area contributed by atoms with Crippen LogP contribution >= 0.6 is 0 Å². The summed E-state index contributed by atoms with van der Waals surface area (Å²) in [5.41, 5.74) is -0.251. The van der Waals surface area contributed by atoms with Gasteiger partial charge in [0.05, 0.1) is 19.8 Å². The molecule has 2 aliphatic rings. The largest absolute Gasteiger partial charge is 0.468 e. The van der Waals surface area contributed by atoms with Crippen molar-refractivity contribution in [1.82, 2.24) is 9.97 Å². The maximum Gasteiger partial charge on any atom is 0.298 e. The standard InChI is InChI=1S/C10H14N4O5/c1-18-10-13-7-5(8(17)14-10)11-4-6(16)3(15)2-19-9(4)12-7/h3-4,6,9,11,15-16H,2H2,1H3,(H2,12,13,14,17)/t3-,4+,6-,9-/m0/s1. The number of ether oxygens (including phenoxy) is 2. The minimum atomic E-state index is -1.04. The molecular weight excluding hydrogens is 256 g/mol. The van der Waals surface area contributed by atoms with Crippen molar-refractivity contribution >= 4 is 11.5 Å². The monoisotopic (exact) mass is 270 g/mol. The van der Waals surface area contributed by atoms with Crippen molar-refractivity contribution in [1.29, 1.82) is 0 Å². The zero-order valence-corrected chi connectivity index (χ0v) is 10.1. The van der Waals surface area contributed by atoms with Gasteiger partial charge in [-0.2, -0.15) is 4.98 Å². The zero-order valence-electron chi connectivity index (χ0n) is 10.1. The predicted molar refractivity (Wildman–Crippen MR) is 64.2 cm³/mol. The van der Waals surface area contributed by atoms with Crippen LogP contribution in [0.3, 0.4) is 0 Å². The molecular formula is C10H14N4O5. The number of H-pyrrole nitrogens is 1. The summed E-state index contributed by atoms with van der Waals surface area (Å²) in [7, 11) is 1.39. The normalized spacial score (nSPS) is 32.6. The third kappa shape index (κ3) is 1.91. The van der Waals surface area contributed by atoms with E-state index >= 15 is 0 Å². The van der Waals surface area contributed by atoms with Crippen molar-refractivity contribution in [2.24, 2.45) is 0 Å². The molecule has 0 radical (unpaired) electrons. The molecule has 2 aliphatic heterocycles. The second-order valence-electron chi connectivity index (χ2n) is 4.43. The molecule has 0 spiro atoms. The van der Waals surface area contributed by atoms with Crippen molar-refractivity contribution in [2.45, 2.75) is 24.5 Å². The van der Waals surface area contributed by atoms with Gasteiger partial charge in [-0.3, -0.25) is 9.78 Å². The summed E-state index contributed by atoms with van der Waals surface area (Å²) in [4.78, 5) is 18.3. The molecule has 4 atom stereocenters. The molecule has 1 aromatic heterocycles. The molecule has 0 aliphatic carbocycles. The molecule has 19 heavy (non-hydrogen) atoms. The van der Waals surface area contributed by atoms with Crippen LogP contribution in [0.4, 0.5) is 11.5 Å². The van der Waals surface area contributed by atoms with E-state index in [1.807, 2.05) is 0 Å². The van der Waals surface area contributed by atoms with Gasteiger partial charge in [0.1, 0.15) is 17.9 Å². The average Bonchev–Trinajstić information content (AvgIpc) is 2.41. The first-order valence-corrected chi connectivity index (χ1v) is 5.79. The van der Waals surface area contributed by atoms with Gasteiger partial charge in [-0.1, -0.05) is 0 Å². The highest BCUT2D eigenvalue weighted by Crippen LogP contribution is 2.29. The van der Waals surface area contributed by atoms with Gasteiger partial charge in [0, 0.05) is 0 Å². The lowest BCUT2D eigenvalue weighted by molar-refractivity contribution is -0.121. The van der Waals surface area contributed by atoms with Crippen LogP contribution in [0.25, 0.3) is 0 Å². The number of aromatic amines is 1. The van der Waals surface area contributed by atoms with Gasteiger partial charge in [-0.05, 0) is 0 Å². The van der Waals surface area contributed by atoms with E-state index in [1.165, 1.54) is 7.11 Å². The number of nitrogens with one attached hydrogen (secondary N) is 3. The van der Waals surface area contributed by atoms with E-state index in [1.54, 1.807) is 0 Å². The summed E-state index contributed by atoms with van der Waals surface area (Å²) in [6, 6.07) is -0.555. The highest BCUT2D eigenvalue weighted by Gasteiger charge is 2.42. The number of aliphatic hydroxyl groups excluding tert-OH is 2. The zero-order chi connectivity index (χ0) is 13.6. The molecule has 0 bridgehead atoms. The lowest BCUT2D eigenvalue weighted by Crippen LogP contribution is -2.61. The third-order valence-corrected chi connectivity index (χ3v) is 3.22. The van der Waals surface area contributed by atoms with Crippen molar-refractivity contribution in [3.63, 3.8) is 0 Å². The summed E-state index contributed by atoms with van der Waals surface area (Å²) in [5.74, 6) is 0.283. The summed E-state index contributed by atoms with van der Waals surface area (Å²) >= 11 is 0. The number of hydrogen-bond donors (Lipinski definition) is 5. The lowest BCUT2D eigenvalue weighted by Gasteiger charge is -2.42. The van der Waals surface area contributed by atoms with E-state index in [9.17, 15) is 15.0 Å². The predicted octanol–water partition coefficient (Wildman–Crippen LogP) is -1.94. The van der Waals surface area contributed by atoms with Gasteiger partial charge >= 0.3 is 0 Å². The van der Waals surface area contributed by atoms with Crippen LogP contribution in [-0.4, -0.2) is 58.4 Å². The topological polar surface area (TPSA) is 129 Å². The SMILES string of the molecule is COc1nc2c(c(=O)[nH]1)N[C@@H]1[C@@H](O)[C@@H](O)CO[C@@H]1N2. The maximum absolute atomic E-state index is 11.8. The van der Waals surface area contributed by atoms with Gasteiger partial charge in [-0.25, -0.2) is 0 Å². The summed E-state index contributed by atoms with van der Waals surface area (Å²) in [5, 5.41) is 25.2. The van der Waals surface area contributed by atoms with E-state index in [4.69, 9.17) is 9.47 Å². The van der Waals surface area contributed by atoms with Gasteiger partial charge < -0.3 is 30.3 Å². The molecule has 1 fully saturated rings. The average molecular weight is 270 g/mol. The first kappa shape index (κ1) is 12.2. The van der Waals surface area contributed by atoms with Gasteiger partial charge in [0.15, 0.2) is 12.0 Å². The number of aliphatic hydroxyl groups is 2. The third-order valence-electron chi connectivity index (χ3n) is 3.22. The van der Waals surface area contributed by atoms with Gasteiger partial charge in [-0.15, -0.1) is 0 Å². The number of fused-ring (bicyclic) bond motifs is 2. The lowest BCUT2D eigenvalue weighted by atomic mass is 9.99. The Hall–Kier alpha value is -1.84. The minimum absolute atomic E-state index is 0.00662. The summed E-state index contributed by atoms with van der Waals surface area (Å²) < 4.78 is 10.2. The maximum atomic E-state index is 11.8. The molecule has 0 amide bonds. The van der Waals surface area contributed by atoms with Crippen LogP contribution in [0.1, 0.15) is 0 Å². The Bertz CT molecular complexity index is 547. The first-order valence-electron chi connectivity index (χ1n) is 5.79. The number of anilines is 2. The first-order chi connectivity index (χ1) is 9.10. The minimum Gasteiger partial charge on any atom is -0.468 e. The Labute approximate surface area is 107 Å². The second-order valence-corrected chi connectivity index (χ2v) is 4.43. The Morgan fingerprint density at radius 2 is 2.21 bits per heavy atom. The molecule has 3 heterocycles. The molecule has 1 aromatic rings. The Kier molecular flexibility index (Phi) is 2.81. The van der Waals surface area contributed by atoms with Gasteiger partial charge in [0.25, 0.3) is 11.6 Å². The molecule has 1 saturated heterocycles. The molecule has 0 saturated carbocycles. The fraction of sp³-hybridized carbons (Fsp3) is 0.600. The van der Waals surface area contributed by atoms with E-state index in [0.717, 1.165) is 0 Å². The van der Waals surface area contributed by atoms with Crippen LogP contribution < -0.4 is 20.9 Å². The van der Waals surface area contributed by atoms with E-state index < -0.39 is 30.0 Å².